The first-order valence-electron chi connectivity index (χ1n) is 6.34. The second-order valence-corrected chi connectivity index (χ2v) is 4.40. The Morgan fingerprint density at radius 3 is 2.35 bits per heavy atom. The molecule has 2 N–H and O–H groups in total. The van der Waals surface area contributed by atoms with E-state index in [-0.39, 0.29) is 12.4 Å². The van der Waals surface area contributed by atoms with Gasteiger partial charge in [-0.1, -0.05) is 42.5 Å². The van der Waals surface area contributed by atoms with Crippen LogP contribution in [0.5, 0.6) is 5.75 Å². The maximum absolute atomic E-state index is 11.7. The summed E-state index contributed by atoms with van der Waals surface area (Å²) in [5.74, 6) is -0.458. The van der Waals surface area contributed by atoms with Crippen LogP contribution in [-0.2, 0) is 16.0 Å². The molecule has 0 bridgehead atoms. The highest BCUT2D eigenvalue weighted by Gasteiger charge is 2.18. The van der Waals surface area contributed by atoms with Gasteiger partial charge in [0.15, 0.2) is 6.10 Å². The van der Waals surface area contributed by atoms with Gasteiger partial charge in [-0.15, -0.1) is 0 Å². The van der Waals surface area contributed by atoms with Gasteiger partial charge in [-0.25, -0.2) is 4.79 Å². The molecule has 20 heavy (non-hydrogen) atoms. The molecule has 0 saturated heterocycles. The molecule has 0 radical (unpaired) electrons. The van der Waals surface area contributed by atoms with E-state index in [2.05, 4.69) is 0 Å². The van der Waals surface area contributed by atoms with Gasteiger partial charge in [0.05, 0.1) is 6.61 Å². The van der Waals surface area contributed by atoms with Crippen molar-refractivity contribution in [3.05, 3.63) is 65.7 Å². The minimum atomic E-state index is -1.25. The molecule has 4 nitrogen and oxygen atoms in total. The van der Waals surface area contributed by atoms with E-state index in [4.69, 9.17) is 9.84 Å². The predicted molar refractivity (Wildman–Crippen MR) is 74.2 cm³/mol. The number of aliphatic hydroxyl groups excluding tert-OH is 1. The van der Waals surface area contributed by atoms with Crippen molar-refractivity contribution in [3.8, 4) is 5.75 Å². The lowest BCUT2D eigenvalue weighted by molar-refractivity contribution is -0.153. The van der Waals surface area contributed by atoms with E-state index in [1.807, 2.05) is 6.07 Å². The van der Waals surface area contributed by atoms with Gasteiger partial charge < -0.3 is 14.9 Å². The van der Waals surface area contributed by atoms with Crippen LogP contribution >= 0.6 is 0 Å². The molecule has 0 fully saturated rings. The standard InChI is InChI=1S/C16H16O4/c17-14-8-6-12(7-9-14)10-11-20-16(19)15(18)13-4-2-1-3-5-13/h1-9,15,17-18H,10-11H2/t15-/m0/s1. The van der Waals surface area contributed by atoms with Crippen molar-refractivity contribution >= 4 is 5.97 Å². The average Bonchev–Trinajstić information content (AvgIpc) is 2.49. The van der Waals surface area contributed by atoms with Gasteiger partial charge in [-0.3, -0.25) is 0 Å². The molecule has 2 rings (SSSR count). The van der Waals surface area contributed by atoms with Crippen molar-refractivity contribution < 1.29 is 19.7 Å². The highest BCUT2D eigenvalue weighted by atomic mass is 16.5. The summed E-state index contributed by atoms with van der Waals surface area (Å²) in [4.78, 5) is 11.7. The van der Waals surface area contributed by atoms with Crippen LogP contribution in [0, 0.1) is 0 Å². The maximum atomic E-state index is 11.7. The van der Waals surface area contributed by atoms with Crippen molar-refractivity contribution in [2.45, 2.75) is 12.5 Å². The molecule has 0 amide bonds. The zero-order chi connectivity index (χ0) is 14.4. The van der Waals surface area contributed by atoms with Gasteiger partial charge in [-0.05, 0) is 23.3 Å². The molecular weight excluding hydrogens is 256 g/mol. The Labute approximate surface area is 117 Å². The molecule has 4 heteroatoms. The summed E-state index contributed by atoms with van der Waals surface area (Å²) in [6, 6.07) is 15.3. The molecule has 0 unspecified atom stereocenters. The second kappa shape index (κ2) is 6.73. The van der Waals surface area contributed by atoms with Gasteiger partial charge in [0.1, 0.15) is 5.75 Å². The third-order valence-corrected chi connectivity index (χ3v) is 2.91. The number of hydrogen-bond donors (Lipinski definition) is 2. The van der Waals surface area contributed by atoms with Crippen LogP contribution in [0.3, 0.4) is 0 Å². The summed E-state index contributed by atoms with van der Waals surface area (Å²) < 4.78 is 5.04. The first-order chi connectivity index (χ1) is 9.66. The van der Waals surface area contributed by atoms with Crippen molar-refractivity contribution in [2.24, 2.45) is 0 Å². The number of aliphatic hydroxyl groups is 1. The lowest BCUT2D eigenvalue weighted by Gasteiger charge is -2.10. The Bertz CT molecular complexity index is 548. The van der Waals surface area contributed by atoms with Crippen LogP contribution in [0.1, 0.15) is 17.2 Å². The lowest BCUT2D eigenvalue weighted by atomic mass is 10.1. The first kappa shape index (κ1) is 14.1. The molecule has 104 valence electrons. The predicted octanol–water partition coefficient (Wildman–Crippen LogP) is 2.21. The van der Waals surface area contributed by atoms with Crippen LogP contribution in [-0.4, -0.2) is 22.8 Å². The molecule has 2 aromatic carbocycles. The number of rotatable bonds is 5. The number of phenolic OH excluding ortho intramolecular Hbond substituents is 1. The van der Waals surface area contributed by atoms with Crippen LogP contribution in [0.2, 0.25) is 0 Å². The Kier molecular flexibility index (Phi) is 4.74. The quantitative estimate of drug-likeness (QED) is 0.819. The van der Waals surface area contributed by atoms with Crippen LogP contribution in [0.15, 0.2) is 54.6 Å². The number of benzene rings is 2. The monoisotopic (exact) mass is 272 g/mol. The minimum Gasteiger partial charge on any atom is -0.508 e. The number of phenols is 1. The van der Waals surface area contributed by atoms with Gasteiger partial charge in [0.25, 0.3) is 0 Å². The molecule has 0 aliphatic carbocycles. The largest absolute Gasteiger partial charge is 0.508 e. The minimum absolute atomic E-state index is 0.188. The average molecular weight is 272 g/mol. The smallest absolute Gasteiger partial charge is 0.339 e. The van der Waals surface area contributed by atoms with Crippen molar-refractivity contribution in [1.29, 1.82) is 0 Å². The summed E-state index contributed by atoms with van der Waals surface area (Å²) in [6.45, 7) is 0.188. The number of aromatic hydroxyl groups is 1. The highest BCUT2D eigenvalue weighted by Crippen LogP contribution is 2.14. The normalized spacial score (nSPS) is 11.8. The van der Waals surface area contributed by atoms with Crippen molar-refractivity contribution in [1.82, 2.24) is 0 Å². The van der Waals surface area contributed by atoms with Crippen LogP contribution in [0.25, 0.3) is 0 Å². The topological polar surface area (TPSA) is 66.8 Å². The fourth-order valence-electron chi connectivity index (χ4n) is 1.78. The van der Waals surface area contributed by atoms with E-state index in [1.54, 1.807) is 48.5 Å². The van der Waals surface area contributed by atoms with E-state index in [1.165, 1.54) is 0 Å². The number of hydrogen-bond acceptors (Lipinski definition) is 4. The Morgan fingerprint density at radius 1 is 1.05 bits per heavy atom. The third-order valence-electron chi connectivity index (χ3n) is 2.91. The lowest BCUT2D eigenvalue weighted by Crippen LogP contribution is -2.16. The molecule has 2 aromatic rings. The molecule has 0 spiro atoms. The molecule has 0 aromatic heterocycles. The summed E-state index contributed by atoms with van der Waals surface area (Å²) in [5.41, 5.74) is 1.46. The zero-order valence-electron chi connectivity index (χ0n) is 10.9. The van der Waals surface area contributed by atoms with Gasteiger partial charge in [-0.2, -0.15) is 0 Å². The summed E-state index contributed by atoms with van der Waals surface area (Å²) in [5, 5.41) is 19.0. The summed E-state index contributed by atoms with van der Waals surface area (Å²) >= 11 is 0. The Hall–Kier alpha value is -2.33. The molecule has 0 saturated carbocycles. The fourth-order valence-corrected chi connectivity index (χ4v) is 1.78. The number of ether oxygens (including phenoxy) is 1. The van der Waals surface area contributed by atoms with Gasteiger partial charge >= 0.3 is 5.97 Å². The fraction of sp³-hybridized carbons (Fsp3) is 0.188. The highest BCUT2D eigenvalue weighted by molar-refractivity contribution is 5.76. The number of carbonyl (C=O) groups is 1. The van der Waals surface area contributed by atoms with Gasteiger partial charge in [0, 0.05) is 6.42 Å². The Morgan fingerprint density at radius 2 is 1.70 bits per heavy atom. The molecule has 0 heterocycles. The van der Waals surface area contributed by atoms with Gasteiger partial charge in [0.2, 0.25) is 0 Å². The van der Waals surface area contributed by atoms with Crippen LogP contribution in [0.4, 0.5) is 0 Å². The second-order valence-electron chi connectivity index (χ2n) is 4.40. The van der Waals surface area contributed by atoms with E-state index < -0.39 is 12.1 Å². The first-order valence-corrected chi connectivity index (χ1v) is 6.34. The molecular formula is C16H16O4. The van der Waals surface area contributed by atoms with E-state index in [9.17, 15) is 9.90 Å². The summed E-state index contributed by atoms with van der Waals surface area (Å²) in [6.07, 6.45) is -0.718. The van der Waals surface area contributed by atoms with E-state index in [0.717, 1.165) is 5.56 Å². The molecule has 0 aliphatic rings. The van der Waals surface area contributed by atoms with Crippen molar-refractivity contribution in [2.75, 3.05) is 6.61 Å². The molecule has 1 atom stereocenters. The zero-order valence-corrected chi connectivity index (χ0v) is 10.9. The van der Waals surface area contributed by atoms with Crippen LogP contribution < -0.4 is 0 Å². The molecule has 0 aliphatic heterocycles. The summed E-state index contributed by atoms with van der Waals surface area (Å²) in [7, 11) is 0. The maximum Gasteiger partial charge on any atom is 0.339 e. The number of esters is 1. The third kappa shape index (κ3) is 3.83. The van der Waals surface area contributed by atoms with E-state index >= 15 is 0 Å². The van der Waals surface area contributed by atoms with E-state index in [0.29, 0.717) is 12.0 Å². The SMILES string of the molecule is O=C(OCCc1ccc(O)cc1)[C@@H](O)c1ccccc1. The Balaban J connectivity index is 1.82. The van der Waals surface area contributed by atoms with Crippen molar-refractivity contribution in [3.63, 3.8) is 0 Å². The number of carbonyl (C=O) groups excluding carboxylic acids is 1.